The first kappa shape index (κ1) is 7.55. The summed E-state index contributed by atoms with van der Waals surface area (Å²) in [6.07, 6.45) is 4.83. The van der Waals surface area contributed by atoms with Crippen LogP contribution in [0.3, 0.4) is 0 Å². The third-order valence-corrected chi connectivity index (χ3v) is 2.11. The second kappa shape index (κ2) is 3.54. The highest BCUT2D eigenvalue weighted by Crippen LogP contribution is 2.09. The van der Waals surface area contributed by atoms with Crippen molar-refractivity contribution in [2.45, 2.75) is 12.5 Å². The molecule has 0 spiro atoms. The maximum absolute atomic E-state index is 3.96. The van der Waals surface area contributed by atoms with E-state index in [-0.39, 0.29) is 0 Å². The first-order valence-electron chi connectivity index (χ1n) is 4.32. The van der Waals surface area contributed by atoms with Crippen molar-refractivity contribution in [1.29, 1.82) is 0 Å². The predicted octanol–water partition coefficient (Wildman–Crippen LogP) is 0.855. The fraction of sp³-hybridized carbons (Fsp3) is 0.444. The third-order valence-electron chi connectivity index (χ3n) is 2.11. The van der Waals surface area contributed by atoms with Gasteiger partial charge in [0, 0.05) is 30.7 Å². The zero-order chi connectivity index (χ0) is 8.23. The highest BCUT2D eigenvalue weighted by atomic mass is 15.0. The Balaban J connectivity index is 1.94. The SMILES string of the molecule is c1cc(NC2CCNC2)ccn1. The van der Waals surface area contributed by atoms with E-state index in [4.69, 9.17) is 0 Å². The summed E-state index contributed by atoms with van der Waals surface area (Å²) in [4.78, 5) is 3.96. The van der Waals surface area contributed by atoms with Crippen LogP contribution < -0.4 is 10.6 Å². The lowest BCUT2D eigenvalue weighted by molar-refractivity contribution is 0.793. The van der Waals surface area contributed by atoms with Gasteiger partial charge in [0.1, 0.15) is 0 Å². The smallest absolute Gasteiger partial charge is 0.0398 e. The molecule has 0 aliphatic carbocycles. The van der Waals surface area contributed by atoms with E-state index in [9.17, 15) is 0 Å². The molecule has 2 rings (SSSR count). The van der Waals surface area contributed by atoms with E-state index in [0.29, 0.717) is 6.04 Å². The Morgan fingerprint density at radius 1 is 1.42 bits per heavy atom. The minimum atomic E-state index is 0.590. The van der Waals surface area contributed by atoms with Crippen molar-refractivity contribution in [3.63, 3.8) is 0 Å². The Labute approximate surface area is 72.2 Å². The van der Waals surface area contributed by atoms with Crippen LogP contribution in [0.1, 0.15) is 6.42 Å². The van der Waals surface area contributed by atoms with Crippen molar-refractivity contribution in [2.24, 2.45) is 0 Å². The molecule has 1 aliphatic rings. The summed E-state index contributed by atoms with van der Waals surface area (Å²) in [7, 11) is 0. The highest BCUT2D eigenvalue weighted by molar-refractivity contribution is 5.42. The van der Waals surface area contributed by atoms with Crippen LogP contribution in [0.5, 0.6) is 0 Å². The van der Waals surface area contributed by atoms with Crippen molar-refractivity contribution in [1.82, 2.24) is 10.3 Å². The van der Waals surface area contributed by atoms with Crippen LogP contribution in [0.2, 0.25) is 0 Å². The number of nitrogens with one attached hydrogen (secondary N) is 2. The van der Waals surface area contributed by atoms with Gasteiger partial charge in [-0.15, -0.1) is 0 Å². The second-order valence-corrected chi connectivity index (χ2v) is 3.07. The summed E-state index contributed by atoms with van der Waals surface area (Å²) in [5.41, 5.74) is 1.17. The van der Waals surface area contributed by atoms with Gasteiger partial charge in [0.25, 0.3) is 0 Å². The summed E-state index contributed by atoms with van der Waals surface area (Å²) < 4.78 is 0. The first-order valence-corrected chi connectivity index (χ1v) is 4.32. The summed E-state index contributed by atoms with van der Waals surface area (Å²) in [6, 6.07) is 4.59. The van der Waals surface area contributed by atoms with Crippen LogP contribution in [-0.4, -0.2) is 24.1 Å². The quantitative estimate of drug-likeness (QED) is 0.679. The lowest BCUT2D eigenvalue weighted by Crippen LogP contribution is -2.21. The largest absolute Gasteiger partial charge is 0.381 e. The standard InChI is InChI=1S/C9H13N3/c1-4-10-5-2-8(1)12-9-3-6-11-7-9/h1-2,4-5,9,11H,3,6-7H2,(H,10,12). The van der Waals surface area contributed by atoms with E-state index >= 15 is 0 Å². The molecule has 0 saturated carbocycles. The van der Waals surface area contributed by atoms with Crippen molar-refractivity contribution in [3.05, 3.63) is 24.5 Å². The number of rotatable bonds is 2. The summed E-state index contributed by atoms with van der Waals surface area (Å²) in [5.74, 6) is 0. The summed E-state index contributed by atoms with van der Waals surface area (Å²) in [6.45, 7) is 2.20. The van der Waals surface area contributed by atoms with E-state index in [1.54, 1.807) is 0 Å². The Hall–Kier alpha value is -1.09. The van der Waals surface area contributed by atoms with Gasteiger partial charge >= 0.3 is 0 Å². The lowest BCUT2D eigenvalue weighted by Gasteiger charge is -2.11. The maximum Gasteiger partial charge on any atom is 0.0398 e. The first-order chi connectivity index (χ1) is 5.95. The van der Waals surface area contributed by atoms with E-state index in [2.05, 4.69) is 15.6 Å². The maximum atomic E-state index is 3.96. The average Bonchev–Trinajstić information content (AvgIpc) is 2.59. The Morgan fingerprint density at radius 2 is 2.25 bits per heavy atom. The second-order valence-electron chi connectivity index (χ2n) is 3.07. The molecule has 1 unspecified atom stereocenters. The predicted molar refractivity (Wildman–Crippen MR) is 49.1 cm³/mol. The molecular weight excluding hydrogens is 150 g/mol. The molecule has 0 amide bonds. The van der Waals surface area contributed by atoms with Crippen LogP contribution >= 0.6 is 0 Å². The average molecular weight is 163 g/mol. The molecule has 1 aromatic rings. The van der Waals surface area contributed by atoms with Gasteiger partial charge in [-0.2, -0.15) is 0 Å². The Kier molecular flexibility index (Phi) is 2.23. The van der Waals surface area contributed by atoms with E-state index in [1.165, 1.54) is 12.1 Å². The van der Waals surface area contributed by atoms with Gasteiger partial charge < -0.3 is 10.6 Å². The third kappa shape index (κ3) is 1.74. The number of hydrogen-bond acceptors (Lipinski definition) is 3. The van der Waals surface area contributed by atoms with E-state index < -0.39 is 0 Å². The molecule has 1 fully saturated rings. The van der Waals surface area contributed by atoms with Gasteiger partial charge in [-0.05, 0) is 25.1 Å². The van der Waals surface area contributed by atoms with Crippen molar-refractivity contribution < 1.29 is 0 Å². The number of hydrogen-bond donors (Lipinski definition) is 2. The molecule has 0 bridgehead atoms. The van der Waals surface area contributed by atoms with Gasteiger partial charge in [0.15, 0.2) is 0 Å². The van der Waals surface area contributed by atoms with E-state index in [0.717, 1.165) is 13.1 Å². The molecule has 3 heteroatoms. The molecule has 0 radical (unpaired) electrons. The molecule has 64 valence electrons. The Bertz CT molecular complexity index is 229. The monoisotopic (exact) mass is 163 g/mol. The molecule has 2 heterocycles. The topological polar surface area (TPSA) is 37.0 Å². The van der Waals surface area contributed by atoms with Crippen molar-refractivity contribution in [3.8, 4) is 0 Å². The highest BCUT2D eigenvalue weighted by Gasteiger charge is 2.12. The number of anilines is 1. The van der Waals surface area contributed by atoms with Crippen molar-refractivity contribution in [2.75, 3.05) is 18.4 Å². The molecule has 1 aromatic heterocycles. The van der Waals surface area contributed by atoms with E-state index in [1.807, 2.05) is 24.5 Å². The molecule has 0 aromatic carbocycles. The minimum Gasteiger partial charge on any atom is -0.381 e. The molecular formula is C9H13N3. The van der Waals surface area contributed by atoms with Gasteiger partial charge in [-0.25, -0.2) is 0 Å². The fourth-order valence-electron chi connectivity index (χ4n) is 1.46. The molecule has 3 nitrogen and oxygen atoms in total. The van der Waals surface area contributed by atoms with Crippen LogP contribution in [0.25, 0.3) is 0 Å². The van der Waals surface area contributed by atoms with Gasteiger partial charge in [-0.1, -0.05) is 0 Å². The minimum absolute atomic E-state index is 0.590. The summed E-state index contributed by atoms with van der Waals surface area (Å²) in [5, 5.41) is 6.75. The van der Waals surface area contributed by atoms with Crippen LogP contribution in [-0.2, 0) is 0 Å². The van der Waals surface area contributed by atoms with Crippen LogP contribution in [0, 0.1) is 0 Å². The Morgan fingerprint density at radius 3 is 2.92 bits per heavy atom. The normalized spacial score (nSPS) is 22.5. The zero-order valence-electron chi connectivity index (χ0n) is 6.96. The van der Waals surface area contributed by atoms with Gasteiger partial charge in [0.2, 0.25) is 0 Å². The van der Waals surface area contributed by atoms with Crippen LogP contribution in [0.15, 0.2) is 24.5 Å². The number of aromatic nitrogens is 1. The molecule has 1 saturated heterocycles. The zero-order valence-corrected chi connectivity index (χ0v) is 6.96. The molecule has 1 aliphatic heterocycles. The fourth-order valence-corrected chi connectivity index (χ4v) is 1.46. The lowest BCUT2D eigenvalue weighted by atomic mass is 10.2. The molecule has 1 atom stereocenters. The van der Waals surface area contributed by atoms with Crippen LogP contribution in [0.4, 0.5) is 5.69 Å². The number of pyridine rings is 1. The van der Waals surface area contributed by atoms with Gasteiger partial charge in [0.05, 0.1) is 0 Å². The van der Waals surface area contributed by atoms with Crippen molar-refractivity contribution >= 4 is 5.69 Å². The molecule has 12 heavy (non-hydrogen) atoms. The molecule has 2 N–H and O–H groups in total. The van der Waals surface area contributed by atoms with Gasteiger partial charge in [-0.3, -0.25) is 4.98 Å². The summed E-state index contributed by atoms with van der Waals surface area (Å²) >= 11 is 0. The number of nitrogens with zero attached hydrogens (tertiary/aromatic N) is 1.